The minimum atomic E-state index is 0.942. The van der Waals surface area contributed by atoms with Crippen molar-refractivity contribution in [3.8, 4) is 0 Å². The SMILES string of the molecule is CN(C)c1ccc(CN(Cc2ccccc2)Cc2ccccc2)cc1. The summed E-state index contributed by atoms with van der Waals surface area (Å²) in [4.78, 5) is 4.63. The zero-order valence-corrected chi connectivity index (χ0v) is 15.1. The minimum absolute atomic E-state index is 0.942. The molecule has 25 heavy (non-hydrogen) atoms. The Kier molecular flexibility index (Phi) is 5.86. The van der Waals surface area contributed by atoms with Gasteiger partial charge in [0.2, 0.25) is 0 Å². The maximum absolute atomic E-state index is 2.50. The highest BCUT2D eigenvalue weighted by Gasteiger charge is 2.08. The number of rotatable bonds is 7. The van der Waals surface area contributed by atoms with E-state index in [0.29, 0.717) is 0 Å². The monoisotopic (exact) mass is 330 g/mol. The van der Waals surface area contributed by atoms with E-state index < -0.39 is 0 Å². The van der Waals surface area contributed by atoms with Gasteiger partial charge in [-0.25, -0.2) is 0 Å². The Morgan fingerprint density at radius 3 is 1.32 bits per heavy atom. The van der Waals surface area contributed by atoms with Crippen LogP contribution in [0.1, 0.15) is 16.7 Å². The summed E-state index contributed by atoms with van der Waals surface area (Å²) in [6, 6.07) is 30.3. The van der Waals surface area contributed by atoms with E-state index in [-0.39, 0.29) is 0 Å². The van der Waals surface area contributed by atoms with Gasteiger partial charge < -0.3 is 4.90 Å². The molecule has 0 bridgehead atoms. The summed E-state index contributed by atoms with van der Waals surface area (Å²) in [7, 11) is 4.15. The van der Waals surface area contributed by atoms with Crippen LogP contribution in [0.5, 0.6) is 0 Å². The van der Waals surface area contributed by atoms with Gasteiger partial charge in [0.15, 0.2) is 0 Å². The highest BCUT2D eigenvalue weighted by Crippen LogP contribution is 2.17. The molecule has 128 valence electrons. The molecule has 3 rings (SSSR count). The average molecular weight is 330 g/mol. The van der Waals surface area contributed by atoms with Crippen LogP contribution >= 0.6 is 0 Å². The number of anilines is 1. The predicted octanol–water partition coefficient (Wildman–Crippen LogP) is 4.96. The third-order valence-electron chi connectivity index (χ3n) is 4.36. The van der Waals surface area contributed by atoms with Crippen molar-refractivity contribution in [3.63, 3.8) is 0 Å². The predicted molar refractivity (Wildman–Crippen MR) is 107 cm³/mol. The molecule has 2 heteroatoms. The molecule has 0 radical (unpaired) electrons. The Morgan fingerprint density at radius 1 is 0.520 bits per heavy atom. The second-order valence-corrected chi connectivity index (χ2v) is 6.68. The number of hydrogen-bond acceptors (Lipinski definition) is 2. The van der Waals surface area contributed by atoms with E-state index in [4.69, 9.17) is 0 Å². The van der Waals surface area contributed by atoms with Gasteiger partial charge in [-0.1, -0.05) is 72.8 Å². The van der Waals surface area contributed by atoms with Gasteiger partial charge in [-0.2, -0.15) is 0 Å². The van der Waals surface area contributed by atoms with Crippen molar-refractivity contribution in [2.45, 2.75) is 19.6 Å². The van der Waals surface area contributed by atoms with Crippen LogP contribution in [-0.2, 0) is 19.6 Å². The van der Waals surface area contributed by atoms with Crippen LogP contribution in [0.4, 0.5) is 5.69 Å². The lowest BCUT2D eigenvalue weighted by Gasteiger charge is -2.23. The van der Waals surface area contributed by atoms with Crippen molar-refractivity contribution in [2.75, 3.05) is 19.0 Å². The van der Waals surface area contributed by atoms with Crippen molar-refractivity contribution in [2.24, 2.45) is 0 Å². The van der Waals surface area contributed by atoms with E-state index in [1.165, 1.54) is 22.4 Å². The van der Waals surface area contributed by atoms with E-state index in [0.717, 1.165) is 19.6 Å². The van der Waals surface area contributed by atoms with E-state index >= 15 is 0 Å². The van der Waals surface area contributed by atoms with Gasteiger partial charge in [0.1, 0.15) is 0 Å². The van der Waals surface area contributed by atoms with Crippen molar-refractivity contribution in [1.29, 1.82) is 0 Å². The Morgan fingerprint density at radius 2 is 0.920 bits per heavy atom. The van der Waals surface area contributed by atoms with Crippen LogP contribution < -0.4 is 4.90 Å². The number of benzene rings is 3. The van der Waals surface area contributed by atoms with Crippen molar-refractivity contribution < 1.29 is 0 Å². The van der Waals surface area contributed by atoms with E-state index in [9.17, 15) is 0 Å². The molecular weight excluding hydrogens is 304 g/mol. The molecule has 0 atom stereocenters. The molecule has 0 N–H and O–H groups in total. The molecule has 0 spiro atoms. The Balaban J connectivity index is 1.75. The Bertz CT molecular complexity index is 708. The molecule has 0 heterocycles. The average Bonchev–Trinajstić information content (AvgIpc) is 2.64. The Hall–Kier alpha value is -2.58. The molecule has 2 nitrogen and oxygen atoms in total. The van der Waals surface area contributed by atoms with Gasteiger partial charge >= 0.3 is 0 Å². The van der Waals surface area contributed by atoms with E-state index in [1.54, 1.807) is 0 Å². The first-order chi connectivity index (χ1) is 12.2. The van der Waals surface area contributed by atoms with Gasteiger partial charge in [0.05, 0.1) is 0 Å². The molecule has 0 aliphatic rings. The molecule has 0 saturated carbocycles. The minimum Gasteiger partial charge on any atom is -0.378 e. The second-order valence-electron chi connectivity index (χ2n) is 6.68. The quantitative estimate of drug-likeness (QED) is 0.604. The Labute approximate surface area is 151 Å². The normalized spacial score (nSPS) is 10.8. The highest BCUT2D eigenvalue weighted by atomic mass is 15.1. The fourth-order valence-corrected chi connectivity index (χ4v) is 3.01. The lowest BCUT2D eigenvalue weighted by molar-refractivity contribution is 0.248. The van der Waals surface area contributed by atoms with Gasteiger partial charge in [0, 0.05) is 39.4 Å². The van der Waals surface area contributed by atoms with Crippen LogP contribution in [0.25, 0.3) is 0 Å². The van der Waals surface area contributed by atoms with Gasteiger partial charge in [-0.3, -0.25) is 4.90 Å². The van der Waals surface area contributed by atoms with Crippen molar-refractivity contribution >= 4 is 5.69 Å². The first-order valence-electron chi connectivity index (χ1n) is 8.77. The summed E-state index contributed by atoms with van der Waals surface area (Å²) in [5.41, 5.74) is 5.28. The molecule has 0 aromatic heterocycles. The molecule has 3 aromatic carbocycles. The van der Waals surface area contributed by atoms with Crippen LogP contribution in [-0.4, -0.2) is 19.0 Å². The molecule has 0 fully saturated rings. The summed E-state index contributed by atoms with van der Waals surface area (Å²) < 4.78 is 0. The maximum Gasteiger partial charge on any atom is 0.0361 e. The fourth-order valence-electron chi connectivity index (χ4n) is 3.01. The molecule has 0 aliphatic heterocycles. The molecule has 0 aliphatic carbocycles. The van der Waals surface area contributed by atoms with Crippen LogP contribution in [0.3, 0.4) is 0 Å². The number of nitrogens with zero attached hydrogens (tertiary/aromatic N) is 2. The molecule has 3 aromatic rings. The van der Waals surface area contributed by atoms with E-state index in [1.807, 2.05) is 0 Å². The maximum atomic E-state index is 2.50. The molecular formula is C23H26N2. The molecule has 0 saturated heterocycles. The highest BCUT2D eigenvalue weighted by molar-refractivity contribution is 5.46. The van der Waals surface area contributed by atoms with Crippen LogP contribution in [0.15, 0.2) is 84.9 Å². The summed E-state index contributed by atoms with van der Waals surface area (Å²) in [5, 5.41) is 0. The zero-order valence-electron chi connectivity index (χ0n) is 15.1. The van der Waals surface area contributed by atoms with Gasteiger partial charge in [-0.05, 0) is 28.8 Å². The largest absolute Gasteiger partial charge is 0.378 e. The molecule has 0 amide bonds. The molecule has 0 unspecified atom stereocenters. The van der Waals surface area contributed by atoms with Crippen molar-refractivity contribution in [1.82, 2.24) is 4.90 Å². The summed E-state index contributed by atoms with van der Waals surface area (Å²) >= 11 is 0. The zero-order chi connectivity index (χ0) is 17.5. The van der Waals surface area contributed by atoms with Crippen LogP contribution in [0.2, 0.25) is 0 Å². The third kappa shape index (κ3) is 5.20. The van der Waals surface area contributed by atoms with E-state index in [2.05, 4.69) is 109 Å². The summed E-state index contributed by atoms with van der Waals surface area (Å²) in [6.07, 6.45) is 0. The van der Waals surface area contributed by atoms with Crippen LogP contribution in [0, 0.1) is 0 Å². The lowest BCUT2D eigenvalue weighted by atomic mass is 10.1. The van der Waals surface area contributed by atoms with Gasteiger partial charge in [0.25, 0.3) is 0 Å². The first-order valence-corrected chi connectivity index (χ1v) is 8.77. The second kappa shape index (κ2) is 8.50. The lowest BCUT2D eigenvalue weighted by Crippen LogP contribution is -2.22. The third-order valence-corrected chi connectivity index (χ3v) is 4.36. The standard InChI is InChI=1S/C23H26N2/c1-24(2)23-15-13-22(14-16-23)19-25(17-20-9-5-3-6-10-20)18-21-11-7-4-8-12-21/h3-16H,17-19H2,1-2H3. The number of hydrogen-bond donors (Lipinski definition) is 0. The first kappa shape index (κ1) is 17.2. The van der Waals surface area contributed by atoms with Gasteiger partial charge in [-0.15, -0.1) is 0 Å². The summed E-state index contributed by atoms with van der Waals surface area (Å²) in [5.74, 6) is 0. The smallest absolute Gasteiger partial charge is 0.0361 e. The summed E-state index contributed by atoms with van der Waals surface area (Å²) in [6.45, 7) is 2.84. The topological polar surface area (TPSA) is 6.48 Å². The fraction of sp³-hybridized carbons (Fsp3) is 0.217. The van der Waals surface area contributed by atoms with Crippen molar-refractivity contribution in [3.05, 3.63) is 102 Å².